The van der Waals surface area contributed by atoms with Gasteiger partial charge in [-0.2, -0.15) is 0 Å². The van der Waals surface area contributed by atoms with Crippen LogP contribution in [0.15, 0.2) is 60.2 Å². The van der Waals surface area contributed by atoms with Crippen LogP contribution in [-0.2, 0) is 14.4 Å². The standard InChI is InChI=1S/C29H25ClIN3O6/c1-4-39-24-14-18(12-22-27(36)33-29(38)34(28(22)37)21-9-6-19(30)7-10-21)13-23(31)26(24)40-15-25(35)32-20-8-5-16(2)17(3)11-20/h5-14H,4,15H2,1-3H3,(H,32,35)(H,33,36,38)/b22-12-. The SMILES string of the molecule is CCOc1cc(/C=C2/C(=O)NC(=O)N(c3ccc(Cl)cc3)C2=O)cc(I)c1OCC(=O)Nc1ccc(C)c(C)c1. The topological polar surface area (TPSA) is 114 Å². The molecule has 1 fully saturated rings. The van der Waals surface area contributed by atoms with E-state index in [2.05, 4.69) is 10.6 Å². The summed E-state index contributed by atoms with van der Waals surface area (Å²) in [6.45, 7) is 5.79. The van der Waals surface area contributed by atoms with Gasteiger partial charge in [0.25, 0.3) is 17.7 Å². The van der Waals surface area contributed by atoms with Gasteiger partial charge >= 0.3 is 6.03 Å². The number of urea groups is 1. The minimum absolute atomic E-state index is 0.241. The summed E-state index contributed by atoms with van der Waals surface area (Å²) in [7, 11) is 0. The second-order valence-electron chi connectivity index (χ2n) is 8.83. The molecule has 0 spiro atoms. The van der Waals surface area contributed by atoms with E-state index in [0.717, 1.165) is 16.0 Å². The highest BCUT2D eigenvalue weighted by atomic mass is 127. The van der Waals surface area contributed by atoms with Gasteiger partial charge in [0.05, 0.1) is 15.9 Å². The lowest BCUT2D eigenvalue weighted by molar-refractivity contribution is -0.122. The maximum atomic E-state index is 13.2. The number of hydrogen-bond acceptors (Lipinski definition) is 6. The largest absolute Gasteiger partial charge is 0.490 e. The van der Waals surface area contributed by atoms with Gasteiger partial charge in [-0.15, -0.1) is 0 Å². The van der Waals surface area contributed by atoms with Crippen LogP contribution < -0.4 is 25.0 Å². The lowest BCUT2D eigenvalue weighted by Gasteiger charge is -2.26. The summed E-state index contributed by atoms with van der Waals surface area (Å²) >= 11 is 7.95. The van der Waals surface area contributed by atoms with Crippen LogP contribution in [0.4, 0.5) is 16.2 Å². The highest BCUT2D eigenvalue weighted by molar-refractivity contribution is 14.1. The summed E-state index contributed by atoms with van der Waals surface area (Å²) < 4.78 is 12.2. The van der Waals surface area contributed by atoms with E-state index in [0.29, 0.717) is 37.9 Å². The number of aryl methyl sites for hydroxylation is 2. The molecule has 11 heteroatoms. The highest BCUT2D eigenvalue weighted by Crippen LogP contribution is 2.35. The number of barbiturate groups is 1. The third kappa shape index (κ3) is 6.62. The predicted molar refractivity (Wildman–Crippen MR) is 161 cm³/mol. The first-order chi connectivity index (χ1) is 19.1. The quantitative estimate of drug-likeness (QED) is 0.182. The van der Waals surface area contributed by atoms with Gasteiger partial charge in [0, 0.05) is 10.7 Å². The van der Waals surface area contributed by atoms with Gasteiger partial charge in [-0.1, -0.05) is 17.7 Å². The average Bonchev–Trinajstić information content (AvgIpc) is 2.89. The number of rotatable bonds is 8. The van der Waals surface area contributed by atoms with Crippen molar-refractivity contribution in [1.29, 1.82) is 0 Å². The monoisotopic (exact) mass is 673 g/mol. The number of ether oxygens (including phenoxy) is 2. The minimum Gasteiger partial charge on any atom is -0.490 e. The minimum atomic E-state index is -0.859. The summed E-state index contributed by atoms with van der Waals surface area (Å²) in [5.74, 6) is -1.28. The molecule has 40 heavy (non-hydrogen) atoms. The highest BCUT2D eigenvalue weighted by Gasteiger charge is 2.36. The fraction of sp³-hybridized carbons (Fsp3) is 0.172. The van der Waals surface area contributed by atoms with Crippen LogP contribution in [0.1, 0.15) is 23.6 Å². The van der Waals surface area contributed by atoms with Crippen molar-refractivity contribution in [1.82, 2.24) is 5.32 Å². The van der Waals surface area contributed by atoms with Gasteiger partial charge in [-0.05, 0) is 115 Å². The second kappa shape index (κ2) is 12.5. The van der Waals surface area contributed by atoms with Crippen molar-refractivity contribution in [2.45, 2.75) is 20.8 Å². The number of anilines is 2. The van der Waals surface area contributed by atoms with E-state index >= 15 is 0 Å². The number of nitrogens with zero attached hydrogens (tertiary/aromatic N) is 1. The normalized spacial score (nSPS) is 14.3. The Balaban J connectivity index is 1.57. The Bertz CT molecular complexity index is 1540. The molecule has 0 aromatic heterocycles. The van der Waals surface area contributed by atoms with E-state index in [1.165, 1.54) is 30.3 Å². The van der Waals surface area contributed by atoms with Crippen molar-refractivity contribution in [3.63, 3.8) is 0 Å². The Morgan fingerprint density at radius 1 is 1.02 bits per heavy atom. The van der Waals surface area contributed by atoms with Gasteiger partial charge in [-0.25, -0.2) is 9.69 Å². The van der Waals surface area contributed by atoms with Crippen LogP contribution in [0.3, 0.4) is 0 Å². The Morgan fingerprint density at radius 3 is 2.42 bits per heavy atom. The molecule has 3 aromatic rings. The molecule has 1 heterocycles. The molecule has 0 aliphatic carbocycles. The van der Waals surface area contributed by atoms with Crippen molar-refractivity contribution in [2.75, 3.05) is 23.4 Å². The number of carbonyl (C=O) groups is 4. The van der Waals surface area contributed by atoms with Crippen LogP contribution in [0.5, 0.6) is 11.5 Å². The first kappa shape index (κ1) is 29.1. The Morgan fingerprint density at radius 2 is 1.75 bits per heavy atom. The molecule has 3 aromatic carbocycles. The van der Waals surface area contributed by atoms with E-state index in [4.69, 9.17) is 21.1 Å². The fourth-order valence-electron chi connectivity index (χ4n) is 3.88. The zero-order valence-corrected chi connectivity index (χ0v) is 24.8. The Hall–Kier alpha value is -3.90. The number of carbonyl (C=O) groups excluding carboxylic acids is 4. The Kier molecular flexibility index (Phi) is 9.10. The summed E-state index contributed by atoms with van der Waals surface area (Å²) in [5.41, 5.74) is 3.33. The lowest BCUT2D eigenvalue weighted by Crippen LogP contribution is -2.54. The van der Waals surface area contributed by atoms with E-state index in [1.54, 1.807) is 19.1 Å². The van der Waals surface area contributed by atoms with Crippen LogP contribution in [-0.4, -0.2) is 37.0 Å². The van der Waals surface area contributed by atoms with Gasteiger partial charge in [-0.3, -0.25) is 19.7 Å². The number of imide groups is 2. The molecule has 1 saturated heterocycles. The molecule has 0 saturated carbocycles. The van der Waals surface area contributed by atoms with Crippen LogP contribution in [0.2, 0.25) is 5.02 Å². The Labute approximate surface area is 249 Å². The first-order valence-electron chi connectivity index (χ1n) is 12.2. The zero-order chi connectivity index (χ0) is 29.0. The van der Waals surface area contributed by atoms with Crippen molar-refractivity contribution in [2.24, 2.45) is 0 Å². The molecule has 4 rings (SSSR count). The summed E-state index contributed by atoms with van der Waals surface area (Å²) in [5, 5.41) is 5.44. The van der Waals surface area contributed by atoms with E-state index < -0.39 is 17.8 Å². The molecule has 5 amide bonds. The zero-order valence-electron chi connectivity index (χ0n) is 21.8. The van der Waals surface area contributed by atoms with Crippen LogP contribution in [0.25, 0.3) is 6.08 Å². The van der Waals surface area contributed by atoms with Gasteiger partial charge in [0.2, 0.25) is 0 Å². The van der Waals surface area contributed by atoms with Crippen molar-refractivity contribution >= 4 is 75.4 Å². The molecule has 206 valence electrons. The molecule has 1 aliphatic rings. The summed E-state index contributed by atoms with van der Waals surface area (Å²) in [6.07, 6.45) is 1.37. The van der Waals surface area contributed by atoms with Crippen molar-refractivity contribution in [3.8, 4) is 11.5 Å². The third-order valence-corrected chi connectivity index (χ3v) is 7.02. The molecule has 0 bridgehead atoms. The average molecular weight is 674 g/mol. The second-order valence-corrected chi connectivity index (χ2v) is 10.4. The number of benzene rings is 3. The van der Waals surface area contributed by atoms with E-state index in [9.17, 15) is 19.2 Å². The molecule has 2 N–H and O–H groups in total. The molecule has 1 aliphatic heterocycles. The molecule has 0 atom stereocenters. The van der Waals surface area contributed by atoms with Gasteiger partial charge in [0.15, 0.2) is 18.1 Å². The molecule has 0 radical (unpaired) electrons. The fourth-order valence-corrected chi connectivity index (χ4v) is 4.78. The summed E-state index contributed by atoms with van der Waals surface area (Å²) in [6, 6.07) is 14.1. The predicted octanol–water partition coefficient (Wildman–Crippen LogP) is 5.64. The smallest absolute Gasteiger partial charge is 0.335 e. The lowest BCUT2D eigenvalue weighted by atomic mass is 10.1. The molecular weight excluding hydrogens is 649 g/mol. The number of hydrogen-bond donors (Lipinski definition) is 2. The maximum absolute atomic E-state index is 13.2. The van der Waals surface area contributed by atoms with E-state index in [-0.39, 0.29) is 23.8 Å². The molecular formula is C29H25ClIN3O6. The van der Waals surface area contributed by atoms with E-state index in [1.807, 2.05) is 54.6 Å². The molecule has 9 nitrogen and oxygen atoms in total. The van der Waals surface area contributed by atoms with Crippen LogP contribution >= 0.6 is 34.2 Å². The van der Waals surface area contributed by atoms with Crippen molar-refractivity contribution in [3.05, 3.63) is 85.5 Å². The maximum Gasteiger partial charge on any atom is 0.335 e. The van der Waals surface area contributed by atoms with Gasteiger partial charge < -0.3 is 14.8 Å². The number of amides is 5. The molecule has 0 unspecified atom stereocenters. The van der Waals surface area contributed by atoms with Crippen molar-refractivity contribution < 1.29 is 28.7 Å². The third-order valence-electron chi connectivity index (χ3n) is 5.97. The number of halogens is 2. The number of nitrogens with one attached hydrogen (secondary N) is 2. The summed E-state index contributed by atoms with van der Waals surface area (Å²) in [4.78, 5) is 51.7. The van der Waals surface area contributed by atoms with Gasteiger partial charge in [0.1, 0.15) is 5.57 Å². The first-order valence-corrected chi connectivity index (χ1v) is 13.7. The van der Waals surface area contributed by atoms with Crippen LogP contribution in [0, 0.1) is 17.4 Å².